The molecule has 0 rings (SSSR count). The molecule has 96 valence electrons. The van der Waals surface area contributed by atoms with Gasteiger partial charge in [0.15, 0.2) is 8.32 Å². The number of carbonyl (C=O) groups is 1. The molecule has 0 saturated heterocycles. The van der Waals surface area contributed by atoms with Crippen molar-refractivity contribution in [3.05, 3.63) is 0 Å². The van der Waals surface area contributed by atoms with Gasteiger partial charge in [0.2, 0.25) is 0 Å². The molecule has 0 aliphatic carbocycles. The van der Waals surface area contributed by atoms with Crippen molar-refractivity contribution < 1.29 is 14.3 Å². The monoisotopic (exact) mass is 247 g/mol. The first-order valence-corrected chi connectivity index (χ1v) is 8.52. The zero-order valence-corrected chi connectivity index (χ0v) is 12.2. The summed E-state index contributed by atoms with van der Waals surface area (Å²) < 4.78 is 5.92. The van der Waals surface area contributed by atoms with Gasteiger partial charge in [0, 0.05) is 12.5 Å². The molecule has 0 aliphatic rings. The number of carboxylic acids is 1. The summed E-state index contributed by atoms with van der Waals surface area (Å²) in [6, 6.07) is -0.843. The van der Waals surface area contributed by atoms with Gasteiger partial charge in [-0.25, -0.2) is 0 Å². The van der Waals surface area contributed by atoms with Crippen LogP contribution < -0.4 is 5.73 Å². The molecule has 0 aliphatic heterocycles. The van der Waals surface area contributed by atoms with E-state index in [1.54, 1.807) is 0 Å². The van der Waals surface area contributed by atoms with E-state index < -0.39 is 20.3 Å². The zero-order valence-electron chi connectivity index (χ0n) is 11.2. The lowest BCUT2D eigenvalue weighted by molar-refractivity contribution is -0.140. The maximum absolute atomic E-state index is 10.7. The minimum Gasteiger partial charge on any atom is -0.480 e. The van der Waals surface area contributed by atoms with Crippen molar-refractivity contribution >= 4 is 14.3 Å². The van der Waals surface area contributed by atoms with E-state index in [1.807, 2.05) is 6.92 Å². The number of hydrogen-bond acceptors (Lipinski definition) is 3. The van der Waals surface area contributed by atoms with Crippen LogP contribution in [-0.2, 0) is 9.22 Å². The Hall–Kier alpha value is -0.393. The Labute approximate surface area is 99.3 Å². The molecule has 2 unspecified atom stereocenters. The molecule has 4 nitrogen and oxygen atoms in total. The average molecular weight is 247 g/mol. The Balaban J connectivity index is 4.31. The molecule has 0 aromatic carbocycles. The minimum atomic E-state index is -1.80. The molecular formula is C11H25NO3Si. The highest BCUT2D eigenvalue weighted by atomic mass is 28.4. The third-order valence-electron chi connectivity index (χ3n) is 3.41. The lowest BCUT2D eigenvalue weighted by atomic mass is 10.1. The van der Waals surface area contributed by atoms with Gasteiger partial charge in [-0.3, -0.25) is 4.79 Å². The highest BCUT2D eigenvalue weighted by Crippen LogP contribution is 2.36. The Kier molecular flexibility index (Phi) is 5.16. The molecule has 0 heterocycles. The Morgan fingerprint density at radius 2 is 1.88 bits per heavy atom. The van der Waals surface area contributed by atoms with Gasteiger partial charge in [0.05, 0.1) is 0 Å². The fourth-order valence-corrected chi connectivity index (χ4v) is 2.02. The molecular weight excluding hydrogens is 222 g/mol. The maximum Gasteiger partial charge on any atom is 0.320 e. The average Bonchev–Trinajstić information content (AvgIpc) is 2.11. The first kappa shape index (κ1) is 15.6. The van der Waals surface area contributed by atoms with Crippen LogP contribution in [0.5, 0.6) is 0 Å². The van der Waals surface area contributed by atoms with Crippen LogP contribution >= 0.6 is 0 Å². The summed E-state index contributed by atoms with van der Waals surface area (Å²) in [5.41, 5.74) is 5.53. The molecule has 0 aromatic heterocycles. The van der Waals surface area contributed by atoms with Gasteiger partial charge in [0.1, 0.15) is 6.04 Å². The minimum absolute atomic E-state index is 0.139. The normalized spacial score (nSPS) is 16.9. The van der Waals surface area contributed by atoms with Gasteiger partial charge in [-0.2, -0.15) is 0 Å². The molecule has 5 heteroatoms. The van der Waals surface area contributed by atoms with Crippen molar-refractivity contribution in [3.8, 4) is 0 Å². The highest BCUT2D eigenvalue weighted by Gasteiger charge is 2.37. The smallest absolute Gasteiger partial charge is 0.320 e. The predicted octanol–water partition coefficient (Wildman–Crippen LogP) is 2.06. The summed E-state index contributed by atoms with van der Waals surface area (Å²) in [6.45, 7) is 13.0. The summed E-state index contributed by atoms with van der Waals surface area (Å²) in [7, 11) is -1.80. The van der Waals surface area contributed by atoms with Crippen molar-refractivity contribution in [2.75, 3.05) is 6.61 Å². The molecule has 0 bridgehead atoms. The predicted molar refractivity (Wildman–Crippen MR) is 67.9 cm³/mol. The van der Waals surface area contributed by atoms with Gasteiger partial charge >= 0.3 is 5.97 Å². The SMILES string of the molecule is CC(CO[Si](C)(C)C(C)(C)C)C(N)C(=O)O. The van der Waals surface area contributed by atoms with E-state index in [4.69, 9.17) is 15.3 Å². The highest BCUT2D eigenvalue weighted by molar-refractivity contribution is 6.74. The third kappa shape index (κ3) is 4.23. The molecule has 0 radical (unpaired) electrons. The van der Waals surface area contributed by atoms with E-state index >= 15 is 0 Å². The van der Waals surface area contributed by atoms with Crippen LogP contribution in [0.4, 0.5) is 0 Å². The van der Waals surface area contributed by atoms with Crippen molar-refractivity contribution in [1.82, 2.24) is 0 Å². The standard InChI is InChI=1S/C11H25NO3Si/c1-8(9(12)10(13)14)7-15-16(5,6)11(2,3)4/h8-9H,7,12H2,1-6H3,(H,13,14). The van der Waals surface area contributed by atoms with Crippen molar-refractivity contribution in [2.45, 2.75) is 51.9 Å². The lowest BCUT2D eigenvalue weighted by Gasteiger charge is -2.37. The van der Waals surface area contributed by atoms with E-state index in [-0.39, 0.29) is 11.0 Å². The van der Waals surface area contributed by atoms with E-state index in [1.165, 1.54) is 0 Å². The molecule has 16 heavy (non-hydrogen) atoms. The van der Waals surface area contributed by atoms with Crippen molar-refractivity contribution in [3.63, 3.8) is 0 Å². The van der Waals surface area contributed by atoms with Crippen LogP contribution in [0.15, 0.2) is 0 Å². The quantitative estimate of drug-likeness (QED) is 0.729. The van der Waals surface area contributed by atoms with Crippen LogP contribution in [0.2, 0.25) is 18.1 Å². The zero-order chi connectivity index (χ0) is 13.1. The van der Waals surface area contributed by atoms with Crippen molar-refractivity contribution in [2.24, 2.45) is 11.7 Å². The first-order valence-electron chi connectivity index (χ1n) is 5.61. The Morgan fingerprint density at radius 3 is 2.19 bits per heavy atom. The van der Waals surface area contributed by atoms with Crippen LogP contribution in [0, 0.1) is 5.92 Å². The second-order valence-corrected chi connectivity index (χ2v) is 10.7. The second kappa shape index (κ2) is 5.29. The number of nitrogens with two attached hydrogens (primary N) is 1. The largest absolute Gasteiger partial charge is 0.480 e. The topological polar surface area (TPSA) is 72.5 Å². The third-order valence-corrected chi connectivity index (χ3v) is 7.91. The number of rotatable bonds is 5. The second-order valence-electron chi connectivity index (χ2n) is 5.91. The van der Waals surface area contributed by atoms with Gasteiger partial charge < -0.3 is 15.3 Å². The van der Waals surface area contributed by atoms with Gasteiger partial charge in [0.25, 0.3) is 0 Å². The van der Waals surface area contributed by atoms with Gasteiger partial charge in [-0.05, 0) is 18.1 Å². The van der Waals surface area contributed by atoms with Gasteiger partial charge in [-0.1, -0.05) is 27.7 Å². The summed E-state index contributed by atoms with van der Waals surface area (Å²) in [6.07, 6.45) is 0. The maximum atomic E-state index is 10.7. The number of aliphatic carboxylic acids is 1. The van der Waals surface area contributed by atoms with Crippen LogP contribution in [0.3, 0.4) is 0 Å². The fourth-order valence-electron chi connectivity index (χ4n) is 0.903. The summed E-state index contributed by atoms with van der Waals surface area (Å²) in [4.78, 5) is 10.7. The molecule has 3 N–H and O–H groups in total. The fraction of sp³-hybridized carbons (Fsp3) is 0.909. The summed E-state index contributed by atoms with van der Waals surface area (Å²) in [5, 5.41) is 8.91. The first-order chi connectivity index (χ1) is 6.99. The van der Waals surface area contributed by atoms with Crippen LogP contribution in [-0.4, -0.2) is 32.0 Å². The van der Waals surface area contributed by atoms with Crippen LogP contribution in [0.1, 0.15) is 27.7 Å². The molecule has 2 atom stereocenters. The number of carboxylic acid groups (broad SMARTS) is 1. The molecule has 0 fully saturated rings. The molecule has 0 amide bonds. The Morgan fingerprint density at radius 1 is 1.44 bits per heavy atom. The van der Waals surface area contributed by atoms with E-state index in [0.29, 0.717) is 6.61 Å². The van der Waals surface area contributed by atoms with E-state index in [9.17, 15) is 4.79 Å². The van der Waals surface area contributed by atoms with E-state index in [2.05, 4.69) is 33.9 Å². The van der Waals surface area contributed by atoms with E-state index in [0.717, 1.165) is 0 Å². The molecule has 0 aromatic rings. The summed E-state index contributed by atoms with van der Waals surface area (Å²) in [5.74, 6) is -1.13. The van der Waals surface area contributed by atoms with Crippen molar-refractivity contribution in [1.29, 1.82) is 0 Å². The lowest BCUT2D eigenvalue weighted by Crippen LogP contribution is -2.45. The number of hydrogen-bond donors (Lipinski definition) is 2. The molecule has 0 spiro atoms. The van der Waals surface area contributed by atoms with Crippen LogP contribution in [0.25, 0.3) is 0 Å². The molecule has 0 saturated carbocycles. The summed E-state index contributed by atoms with van der Waals surface area (Å²) >= 11 is 0. The Bertz CT molecular complexity index is 248. The van der Waals surface area contributed by atoms with Gasteiger partial charge in [-0.15, -0.1) is 0 Å².